The van der Waals surface area contributed by atoms with Gasteiger partial charge in [0, 0.05) is 44.0 Å². The number of carbonyl (C=O) groups excluding carboxylic acids is 3. The smallest absolute Gasteiger partial charge is 0.410 e. The Morgan fingerprint density at radius 3 is 2.16 bits per heavy atom. The highest BCUT2D eigenvalue weighted by Gasteiger charge is 2.50. The Balaban J connectivity index is 2.14. The summed E-state index contributed by atoms with van der Waals surface area (Å²) in [5, 5.41) is 3.01. The second-order valence-electron chi connectivity index (χ2n) is 14.1. The Morgan fingerprint density at radius 1 is 1.08 bits per heavy atom. The van der Waals surface area contributed by atoms with Crippen molar-refractivity contribution in [1.29, 1.82) is 0 Å². The Kier molecular flexibility index (Phi) is 10.3. The summed E-state index contributed by atoms with van der Waals surface area (Å²) >= 11 is 0. The van der Waals surface area contributed by atoms with E-state index in [1.807, 2.05) is 6.92 Å². The lowest BCUT2D eigenvalue weighted by molar-refractivity contribution is -0.141. The number of carbonyl (C=O) groups is 3. The van der Waals surface area contributed by atoms with Gasteiger partial charge in [0.05, 0.1) is 12.0 Å². The van der Waals surface area contributed by atoms with E-state index in [2.05, 4.69) is 79.6 Å². The molecule has 5 atom stereocenters. The van der Waals surface area contributed by atoms with Gasteiger partial charge in [0.25, 0.3) is 0 Å². The molecule has 0 aliphatic carbocycles. The number of nitrogens with zero attached hydrogens (tertiary/aromatic N) is 1. The van der Waals surface area contributed by atoms with E-state index in [4.69, 9.17) is 13.6 Å². The molecule has 0 aromatic rings. The highest BCUT2D eigenvalue weighted by molar-refractivity contribution is 6.74. The van der Waals surface area contributed by atoms with Gasteiger partial charge in [0.1, 0.15) is 12.4 Å². The molecule has 0 saturated carbocycles. The van der Waals surface area contributed by atoms with Crippen LogP contribution in [-0.4, -0.2) is 77.8 Å². The number of β-lactam (4-membered cyclic amide) rings is 1. The van der Waals surface area contributed by atoms with Crippen molar-refractivity contribution < 1.29 is 28.0 Å². The molecule has 10 heteroatoms. The number of likely N-dealkylation sites (tertiary alicyclic amines) is 1. The monoisotopic (exact) mass is 568 g/mol. The van der Waals surface area contributed by atoms with E-state index in [1.165, 1.54) is 6.08 Å². The van der Waals surface area contributed by atoms with Crippen LogP contribution in [0.5, 0.6) is 0 Å². The number of hydrogen-bond acceptors (Lipinski definition) is 6. The maximum absolute atomic E-state index is 13.7. The molecule has 2 unspecified atom stereocenters. The number of ether oxygens (including phenoxy) is 1. The van der Waals surface area contributed by atoms with E-state index in [1.54, 1.807) is 4.90 Å². The molecule has 1 N–H and O–H groups in total. The molecule has 2 amide bonds. The van der Waals surface area contributed by atoms with Crippen LogP contribution in [0.15, 0.2) is 12.7 Å². The Morgan fingerprint density at radius 2 is 1.66 bits per heavy atom. The normalized spacial score (nSPS) is 25.4. The molecule has 0 spiro atoms. The number of ketones is 1. The summed E-state index contributed by atoms with van der Waals surface area (Å²) in [7, 11) is -4.11. The van der Waals surface area contributed by atoms with Gasteiger partial charge in [-0.1, -0.05) is 54.2 Å². The van der Waals surface area contributed by atoms with Gasteiger partial charge in [-0.25, -0.2) is 4.79 Å². The van der Waals surface area contributed by atoms with Crippen LogP contribution in [0.2, 0.25) is 36.3 Å². The van der Waals surface area contributed by atoms with Gasteiger partial charge in [-0.2, -0.15) is 0 Å². The number of amides is 2. The van der Waals surface area contributed by atoms with E-state index < -0.39 is 22.7 Å². The largest absolute Gasteiger partial charge is 0.445 e. The maximum atomic E-state index is 13.7. The third kappa shape index (κ3) is 7.58. The molecule has 38 heavy (non-hydrogen) atoms. The summed E-state index contributed by atoms with van der Waals surface area (Å²) in [6.07, 6.45) is 1.04. The second-order valence-corrected chi connectivity index (χ2v) is 23.7. The third-order valence-electron chi connectivity index (χ3n) is 9.18. The van der Waals surface area contributed by atoms with Crippen LogP contribution >= 0.6 is 0 Å². The van der Waals surface area contributed by atoms with Gasteiger partial charge < -0.3 is 23.8 Å². The zero-order valence-electron chi connectivity index (χ0n) is 25.6. The number of rotatable bonds is 11. The summed E-state index contributed by atoms with van der Waals surface area (Å²) < 4.78 is 18.2. The van der Waals surface area contributed by atoms with Crippen molar-refractivity contribution in [2.75, 3.05) is 26.3 Å². The van der Waals surface area contributed by atoms with Crippen molar-refractivity contribution in [3.63, 3.8) is 0 Å². The molecule has 0 radical (unpaired) electrons. The number of nitrogens with one attached hydrogen (secondary N) is 1. The summed E-state index contributed by atoms with van der Waals surface area (Å²) in [4.78, 5) is 40.4. The summed E-state index contributed by atoms with van der Waals surface area (Å²) in [5.41, 5.74) is 0. The minimum atomic E-state index is -2.07. The molecule has 0 aromatic carbocycles. The summed E-state index contributed by atoms with van der Waals surface area (Å²) in [6, 6.07) is -0.265. The zero-order chi connectivity index (χ0) is 29.3. The molecule has 2 heterocycles. The fourth-order valence-electron chi connectivity index (χ4n) is 4.56. The molecule has 2 fully saturated rings. The van der Waals surface area contributed by atoms with E-state index in [0.717, 1.165) is 0 Å². The molecule has 2 rings (SSSR count). The molecule has 8 nitrogen and oxygen atoms in total. The Bertz CT molecular complexity index is 893. The first-order valence-electron chi connectivity index (χ1n) is 13.9. The summed E-state index contributed by atoms with van der Waals surface area (Å²) in [6.45, 7) is 28.6. The van der Waals surface area contributed by atoms with Crippen molar-refractivity contribution in [2.24, 2.45) is 17.8 Å². The molecule has 2 saturated heterocycles. The second kappa shape index (κ2) is 11.9. The van der Waals surface area contributed by atoms with Crippen molar-refractivity contribution in [2.45, 2.75) is 103 Å². The molecular formula is C28H52N2O6Si2. The lowest BCUT2D eigenvalue weighted by atomic mass is 9.80. The topological polar surface area (TPSA) is 94.2 Å². The fraction of sp³-hybridized carbons (Fsp3) is 0.821. The van der Waals surface area contributed by atoms with E-state index in [0.29, 0.717) is 19.7 Å². The zero-order valence-corrected chi connectivity index (χ0v) is 27.6. The molecule has 0 aromatic heterocycles. The molecular weight excluding hydrogens is 516 g/mol. The quantitative estimate of drug-likeness (QED) is 0.205. The van der Waals surface area contributed by atoms with Crippen LogP contribution in [0.3, 0.4) is 0 Å². The van der Waals surface area contributed by atoms with Crippen molar-refractivity contribution in [3.8, 4) is 0 Å². The minimum Gasteiger partial charge on any atom is -0.445 e. The van der Waals surface area contributed by atoms with Gasteiger partial charge in [0.15, 0.2) is 16.6 Å². The van der Waals surface area contributed by atoms with Crippen LogP contribution in [0.4, 0.5) is 4.79 Å². The van der Waals surface area contributed by atoms with Crippen molar-refractivity contribution >= 4 is 34.4 Å². The van der Waals surface area contributed by atoms with Gasteiger partial charge in [-0.3, -0.25) is 9.59 Å². The third-order valence-corrected chi connectivity index (χ3v) is 18.3. The van der Waals surface area contributed by atoms with E-state index in [-0.39, 0.29) is 64.7 Å². The molecule has 2 aliphatic heterocycles. The predicted octanol–water partition coefficient (Wildman–Crippen LogP) is 5.36. The highest BCUT2D eigenvalue weighted by Crippen LogP contribution is 2.40. The standard InChI is InChI=1S/C28H52N2O6Si2/c1-13-14-34-26(33)30-16-20(18-35-37(9,10)27(3,4)5)21(17-30)23(31)15-22-24(25(32)29-22)19(2)36-38(11,12)28(6,7)8/h13,19-22,24H,1,14-18H2,2-12H3,(H,29,32)/t19-,20?,21?,22-,24-/m1/s1. The van der Waals surface area contributed by atoms with Crippen LogP contribution in [-0.2, 0) is 23.2 Å². The Labute approximate surface area is 232 Å². The first-order chi connectivity index (χ1) is 17.2. The van der Waals surface area contributed by atoms with Crippen LogP contribution < -0.4 is 5.32 Å². The Hall–Kier alpha value is -1.50. The van der Waals surface area contributed by atoms with E-state index >= 15 is 0 Å². The number of hydrogen-bond donors (Lipinski definition) is 1. The first-order valence-corrected chi connectivity index (χ1v) is 19.7. The van der Waals surface area contributed by atoms with E-state index in [9.17, 15) is 14.4 Å². The lowest BCUT2D eigenvalue weighted by Crippen LogP contribution is -2.64. The van der Waals surface area contributed by atoms with Crippen molar-refractivity contribution in [3.05, 3.63) is 12.7 Å². The van der Waals surface area contributed by atoms with Crippen molar-refractivity contribution in [1.82, 2.24) is 10.2 Å². The van der Waals surface area contributed by atoms with Crippen LogP contribution in [0.1, 0.15) is 54.9 Å². The van der Waals surface area contributed by atoms with Gasteiger partial charge in [-0.15, -0.1) is 0 Å². The lowest BCUT2D eigenvalue weighted by Gasteiger charge is -2.45. The number of Topliss-reactive ketones (excluding diaryl/α,β-unsaturated/α-hetero) is 1. The van der Waals surface area contributed by atoms with Crippen LogP contribution in [0.25, 0.3) is 0 Å². The van der Waals surface area contributed by atoms with Gasteiger partial charge in [0.2, 0.25) is 5.91 Å². The fourth-order valence-corrected chi connectivity index (χ4v) is 7.06. The first kappa shape index (κ1) is 32.7. The molecule has 2 aliphatic rings. The SMILES string of the molecule is C=CCOC(=O)N1CC(CO[Si](C)(C)C(C)(C)C)C(C(=O)C[C@H]2NC(=O)[C@@H]2[C@@H](C)O[Si](C)(C)C(C)(C)C)C1. The average molecular weight is 569 g/mol. The van der Waals surface area contributed by atoms with Gasteiger partial charge in [-0.05, 0) is 43.2 Å². The average Bonchev–Trinajstić information content (AvgIpc) is 3.18. The van der Waals surface area contributed by atoms with Crippen LogP contribution in [0, 0.1) is 17.8 Å². The minimum absolute atomic E-state index is 0.0255. The molecule has 0 bridgehead atoms. The predicted molar refractivity (Wildman–Crippen MR) is 156 cm³/mol. The highest BCUT2D eigenvalue weighted by atomic mass is 28.4. The van der Waals surface area contributed by atoms with Gasteiger partial charge >= 0.3 is 6.09 Å². The summed E-state index contributed by atoms with van der Waals surface area (Å²) in [5.74, 6) is -0.867. The maximum Gasteiger partial charge on any atom is 0.410 e. The molecule has 218 valence electrons.